The third-order valence-electron chi connectivity index (χ3n) is 8.03. The summed E-state index contributed by atoms with van der Waals surface area (Å²) in [7, 11) is -3.63. The lowest BCUT2D eigenvalue weighted by molar-refractivity contribution is -0.142. The van der Waals surface area contributed by atoms with Gasteiger partial charge in [-0.25, -0.2) is 8.42 Å². The van der Waals surface area contributed by atoms with Gasteiger partial charge < -0.3 is 15.5 Å². The molecule has 0 spiro atoms. The number of carbonyl (C=O) groups is 3. The first-order valence-electron chi connectivity index (χ1n) is 13.4. The Balaban J connectivity index is 1.66. The molecule has 2 fully saturated rings. The standard InChI is InChI=1S/C28H39N5O5S/c1-7-17(2)25(34)31-24(28(3,4)5)27(36)32-14-12-22-23(32)20(16-33(22)39(6,37)38)26(35)30-21-10-8-9-18-11-13-29-15-19(18)21/h8-11,13,15,17,20,22-24H,7,12,14,16H2,1-6H3,(H,30,35)(H,31,34)/t17-,20+,22-,23-,24-/m1/s1. The van der Waals surface area contributed by atoms with E-state index in [1.54, 1.807) is 23.4 Å². The van der Waals surface area contributed by atoms with E-state index >= 15 is 0 Å². The van der Waals surface area contributed by atoms with Crippen LogP contribution < -0.4 is 10.6 Å². The fourth-order valence-corrected chi connectivity index (χ4v) is 6.80. The average Bonchev–Trinajstić information content (AvgIpc) is 3.46. The Hall–Kier alpha value is -3.05. The maximum Gasteiger partial charge on any atom is 0.246 e. The molecule has 11 heteroatoms. The van der Waals surface area contributed by atoms with E-state index in [1.807, 2.05) is 52.8 Å². The predicted molar refractivity (Wildman–Crippen MR) is 150 cm³/mol. The minimum absolute atomic E-state index is 0.0216. The highest BCUT2D eigenvalue weighted by Gasteiger charge is 2.56. The molecule has 3 amide bonds. The van der Waals surface area contributed by atoms with Crippen LogP contribution in [0.15, 0.2) is 36.7 Å². The number of nitrogens with zero attached hydrogens (tertiary/aromatic N) is 3. The summed E-state index contributed by atoms with van der Waals surface area (Å²) in [5, 5.41) is 7.59. The number of carbonyl (C=O) groups excluding carboxylic acids is 3. The Bertz CT molecular complexity index is 1370. The van der Waals surface area contributed by atoms with Gasteiger partial charge in [-0.3, -0.25) is 19.4 Å². The zero-order chi connectivity index (χ0) is 28.7. The molecule has 0 aliphatic carbocycles. The number of benzene rings is 1. The second-order valence-electron chi connectivity index (χ2n) is 11.8. The van der Waals surface area contributed by atoms with E-state index in [1.165, 1.54) is 4.31 Å². The summed E-state index contributed by atoms with van der Waals surface area (Å²) in [5.74, 6) is -1.90. The first kappa shape index (κ1) is 28.9. The van der Waals surface area contributed by atoms with E-state index in [9.17, 15) is 22.8 Å². The molecular formula is C28H39N5O5S. The van der Waals surface area contributed by atoms with Gasteiger partial charge in [0.25, 0.3) is 0 Å². The van der Waals surface area contributed by atoms with Crippen molar-refractivity contribution in [2.75, 3.05) is 24.7 Å². The molecule has 4 rings (SSSR count). The minimum Gasteiger partial charge on any atom is -0.344 e. The van der Waals surface area contributed by atoms with E-state index in [2.05, 4.69) is 15.6 Å². The number of rotatable bonds is 7. The van der Waals surface area contributed by atoms with Gasteiger partial charge in [0.15, 0.2) is 0 Å². The molecule has 2 N–H and O–H groups in total. The molecule has 1 aromatic carbocycles. The third kappa shape index (κ3) is 5.79. The van der Waals surface area contributed by atoms with Crippen LogP contribution in [0.25, 0.3) is 10.8 Å². The van der Waals surface area contributed by atoms with Gasteiger partial charge in [0.05, 0.1) is 23.9 Å². The van der Waals surface area contributed by atoms with Crippen molar-refractivity contribution in [1.29, 1.82) is 0 Å². The number of pyridine rings is 1. The summed E-state index contributed by atoms with van der Waals surface area (Å²) in [6.45, 7) is 9.66. The van der Waals surface area contributed by atoms with Crippen molar-refractivity contribution in [2.24, 2.45) is 17.3 Å². The molecule has 0 radical (unpaired) electrons. The number of nitrogens with one attached hydrogen (secondary N) is 2. The third-order valence-corrected chi connectivity index (χ3v) is 9.30. The van der Waals surface area contributed by atoms with E-state index in [0.717, 1.165) is 17.0 Å². The maximum absolute atomic E-state index is 14.0. The highest BCUT2D eigenvalue weighted by Crippen LogP contribution is 2.39. The van der Waals surface area contributed by atoms with Gasteiger partial charge in [0.1, 0.15) is 6.04 Å². The highest BCUT2D eigenvalue weighted by atomic mass is 32.2. The number of sulfonamides is 1. The second kappa shape index (κ2) is 10.8. The van der Waals surface area contributed by atoms with E-state index in [-0.39, 0.29) is 30.2 Å². The zero-order valence-corrected chi connectivity index (χ0v) is 24.3. The molecule has 0 bridgehead atoms. The van der Waals surface area contributed by atoms with Crippen LogP contribution >= 0.6 is 0 Å². The second-order valence-corrected chi connectivity index (χ2v) is 13.8. The molecule has 2 saturated heterocycles. The minimum atomic E-state index is -3.63. The van der Waals surface area contributed by atoms with Crippen LogP contribution in [0, 0.1) is 17.3 Å². The quantitative estimate of drug-likeness (QED) is 0.539. The fourth-order valence-electron chi connectivity index (χ4n) is 5.64. The largest absolute Gasteiger partial charge is 0.344 e. The summed E-state index contributed by atoms with van der Waals surface area (Å²) in [4.78, 5) is 46.4. The lowest BCUT2D eigenvalue weighted by atomic mass is 9.84. The molecule has 1 aromatic heterocycles. The van der Waals surface area contributed by atoms with Gasteiger partial charge in [-0.2, -0.15) is 4.31 Å². The topological polar surface area (TPSA) is 129 Å². The van der Waals surface area contributed by atoms with Crippen molar-refractivity contribution in [1.82, 2.24) is 19.5 Å². The molecule has 2 aromatic rings. The summed E-state index contributed by atoms with van der Waals surface area (Å²) in [6, 6.07) is 5.39. The van der Waals surface area contributed by atoms with E-state index in [4.69, 9.17) is 0 Å². The Morgan fingerprint density at radius 3 is 2.54 bits per heavy atom. The van der Waals surface area contributed by atoms with Crippen LogP contribution in [0.1, 0.15) is 47.5 Å². The summed E-state index contributed by atoms with van der Waals surface area (Å²) in [5.41, 5.74) is -0.0228. The number of aromatic nitrogens is 1. The molecule has 2 aliphatic rings. The molecule has 0 unspecified atom stereocenters. The zero-order valence-electron chi connectivity index (χ0n) is 23.5. The number of fused-ring (bicyclic) bond motifs is 2. The lowest BCUT2D eigenvalue weighted by Crippen LogP contribution is -2.58. The van der Waals surface area contributed by atoms with Gasteiger partial charge in [0.2, 0.25) is 27.7 Å². The molecule has 10 nitrogen and oxygen atoms in total. The Labute approximate surface area is 230 Å². The van der Waals surface area contributed by atoms with Crippen molar-refractivity contribution in [3.63, 3.8) is 0 Å². The van der Waals surface area contributed by atoms with Gasteiger partial charge in [0, 0.05) is 42.8 Å². The van der Waals surface area contributed by atoms with Crippen molar-refractivity contribution < 1.29 is 22.8 Å². The van der Waals surface area contributed by atoms with Crippen molar-refractivity contribution in [3.8, 4) is 0 Å². The van der Waals surface area contributed by atoms with Crippen LogP contribution in [-0.4, -0.2) is 77.8 Å². The summed E-state index contributed by atoms with van der Waals surface area (Å²) < 4.78 is 26.8. The fraction of sp³-hybridized carbons (Fsp3) is 0.571. The Morgan fingerprint density at radius 1 is 1.18 bits per heavy atom. The van der Waals surface area contributed by atoms with Crippen LogP contribution in [0.5, 0.6) is 0 Å². The maximum atomic E-state index is 14.0. The first-order chi connectivity index (χ1) is 18.2. The molecule has 3 heterocycles. The van der Waals surface area contributed by atoms with Crippen molar-refractivity contribution >= 4 is 44.2 Å². The van der Waals surface area contributed by atoms with Gasteiger partial charge in [-0.15, -0.1) is 0 Å². The van der Waals surface area contributed by atoms with Gasteiger partial charge >= 0.3 is 0 Å². The van der Waals surface area contributed by atoms with Crippen molar-refractivity contribution in [2.45, 2.75) is 65.6 Å². The molecule has 2 aliphatic heterocycles. The van der Waals surface area contributed by atoms with Crippen LogP contribution in [0.4, 0.5) is 5.69 Å². The highest BCUT2D eigenvalue weighted by molar-refractivity contribution is 7.88. The Morgan fingerprint density at radius 2 is 1.90 bits per heavy atom. The van der Waals surface area contributed by atoms with E-state index in [0.29, 0.717) is 25.1 Å². The predicted octanol–water partition coefficient (Wildman–Crippen LogP) is 2.61. The van der Waals surface area contributed by atoms with Crippen molar-refractivity contribution in [3.05, 3.63) is 36.7 Å². The smallest absolute Gasteiger partial charge is 0.246 e. The molecule has 5 atom stereocenters. The lowest BCUT2D eigenvalue weighted by Gasteiger charge is -2.37. The molecular weight excluding hydrogens is 518 g/mol. The molecule has 0 saturated carbocycles. The molecule has 39 heavy (non-hydrogen) atoms. The van der Waals surface area contributed by atoms with Crippen LogP contribution in [-0.2, 0) is 24.4 Å². The molecule has 212 valence electrons. The van der Waals surface area contributed by atoms with Gasteiger partial charge in [-0.05, 0) is 35.8 Å². The van der Waals surface area contributed by atoms with E-state index < -0.39 is 39.5 Å². The Kier molecular flexibility index (Phi) is 8.05. The summed E-state index contributed by atoms with van der Waals surface area (Å²) >= 11 is 0. The number of anilines is 1. The number of likely N-dealkylation sites (tertiary alicyclic amines) is 1. The SMILES string of the molecule is CC[C@@H](C)C(=O)N[C@H](C(=O)N1CC[C@@H]2[C@H]1[C@@H](C(=O)Nc1cccc3ccncc13)CN2S(C)(=O)=O)C(C)(C)C. The normalized spacial score (nSPS) is 23.3. The number of amides is 3. The monoisotopic (exact) mass is 557 g/mol. The average molecular weight is 558 g/mol. The van der Waals surface area contributed by atoms with Crippen LogP contribution in [0.3, 0.4) is 0 Å². The van der Waals surface area contributed by atoms with Gasteiger partial charge in [-0.1, -0.05) is 46.8 Å². The number of hydrogen-bond donors (Lipinski definition) is 2. The first-order valence-corrected chi connectivity index (χ1v) is 15.3. The summed E-state index contributed by atoms with van der Waals surface area (Å²) in [6.07, 6.45) is 5.54. The van der Waals surface area contributed by atoms with Crippen LogP contribution in [0.2, 0.25) is 0 Å². The number of hydrogen-bond acceptors (Lipinski definition) is 6.